The van der Waals surface area contributed by atoms with Gasteiger partial charge in [-0.2, -0.15) is 0 Å². The molecule has 0 spiro atoms. The summed E-state index contributed by atoms with van der Waals surface area (Å²) in [7, 11) is -0.325. The Morgan fingerprint density at radius 1 is 1.00 bits per heavy atom. The van der Waals surface area contributed by atoms with Crippen molar-refractivity contribution in [2.24, 2.45) is 0 Å². The molecule has 5 heteroatoms. The molecule has 1 aromatic carbocycles. The molecule has 0 bridgehead atoms. The number of benzene rings is 1. The summed E-state index contributed by atoms with van der Waals surface area (Å²) in [4.78, 5) is 0. The van der Waals surface area contributed by atoms with Gasteiger partial charge in [-0.25, -0.2) is 0 Å². The molecule has 0 radical (unpaired) electrons. The molecule has 3 rings (SSSR count). The third-order valence-corrected chi connectivity index (χ3v) is 5.10. The van der Waals surface area contributed by atoms with E-state index in [1.807, 2.05) is 6.07 Å². The van der Waals surface area contributed by atoms with Crippen molar-refractivity contribution >= 4 is 12.6 Å². The Hall–Kier alpha value is -0.875. The maximum Gasteiger partial charge on any atom is 0.495 e. The summed E-state index contributed by atoms with van der Waals surface area (Å²) in [5.41, 5.74) is 1.75. The van der Waals surface area contributed by atoms with Crippen LogP contribution in [0.4, 0.5) is 0 Å². The van der Waals surface area contributed by atoms with Crippen molar-refractivity contribution < 1.29 is 9.31 Å². The molecule has 2 heterocycles. The maximum atomic E-state index is 6.22. The molecule has 2 saturated heterocycles. The van der Waals surface area contributed by atoms with Crippen LogP contribution in [0.1, 0.15) is 53.3 Å². The minimum Gasteiger partial charge on any atom is -0.399 e. The van der Waals surface area contributed by atoms with Gasteiger partial charge >= 0.3 is 7.12 Å². The highest BCUT2D eigenvalue weighted by Gasteiger charge is 2.52. The third-order valence-electron chi connectivity index (χ3n) is 5.10. The van der Waals surface area contributed by atoms with Gasteiger partial charge in [-0.3, -0.25) is 10.6 Å². The van der Waals surface area contributed by atoms with E-state index in [0.29, 0.717) is 0 Å². The van der Waals surface area contributed by atoms with Crippen molar-refractivity contribution in [3.05, 3.63) is 29.8 Å². The van der Waals surface area contributed by atoms with Crippen molar-refractivity contribution in [3.8, 4) is 0 Å². The molecule has 2 aliphatic heterocycles. The third kappa shape index (κ3) is 2.71. The molecular formula is C17H27BN2O2. The fraction of sp³-hybridized carbons (Fsp3) is 0.647. The predicted octanol–water partition coefficient (Wildman–Crippen LogP) is 1.96. The van der Waals surface area contributed by atoms with Gasteiger partial charge in [0.25, 0.3) is 0 Å². The first-order chi connectivity index (χ1) is 10.1. The zero-order valence-corrected chi connectivity index (χ0v) is 14.5. The molecule has 2 aliphatic rings. The molecule has 1 aromatic rings. The minimum atomic E-state index is -0.325. The van der Waals surface area contributed by atoms with Gasteiger partial charge in [-0.15, -0.1) is 0 Å². The largest absolute Gasteiger partial charge is 0.495 e. The van der Waals surface area contributed by atoms with E-state index in [0.717, 1.165) is 12.0 Å². The van der Waals surface area contributed by atoms with Gasteiger partial charge in [-0.05, 0) is 52.6 Å². The van der Waals surface area contributed by atoms with Gasteiger partial charge < -0.3 is 9.31 Å². The first-order valence-electron chi connectivity index (χ1n) is 8.07. The number of hydrogen-bond donors (Lipinski definition) is 2. The molecule has 0 saturated carbocycles. The van der Waals surface area contributed by atoms with E-state index in [9.17, 15) is 0 Å². The summed E-state index contributed by atoms with van der Waals surface area (Å²) in [6, 6.07) is 8.36. The second-order valence-electron chi connectivity index (χ2n) is 8.06. The fourth-order valence-electron chi connectivity index (χ4n) is 3.00. The molecule has 2 N–H and O–H groups in total. The van der Waals surface area contributed by atoms with Crippen molar-refractivity contribution in [3.63, 3.8) is 0 Å². The highest BCUT2D eigenvalue weighted by Crippen LogP contribution is 2.37. The molecule has 0 aromatic heterocycles. The van der Waals surface area contributed by atoms with Gasteiger partial charge in [-0.1, -0.05) is 24.3 Å². The normalized spacial score (nSPS) is 29.0. The highest BCUT2D eigenvalue weighted by molar-refractivity contribution is 6.62. The van der Waals surface area contributed by atoms with Crippen molar-refractivity contribution in [1.29, 1.82) is 0 Å². The van der Waals surface area contributed by atoms with Crippen molar-refractivity contribution in [2.75, 3.05) is 6.54 Å². The summed E-state index contributed by atoms with van der Waals surface area (Å²) in [6.45, 7) is 13.7. The highest BCUT2D eigenvalue weighted by atomic mass is 16.7. The topological polar surface area (TPSA) is 42.5 Å². The zero-order valence-electron chi connectivity index (χ0n) is 14.5. The summed E-state index contributed by atoms with van der Waals surface area (Å²) >= 11 is 0. The SMILES string of the molecule is CC1(C)CNC(c2ccccc2B2OC(C)(C)C(C)(C)O2)N1. The summed E-state index contributed by atoms with van der Waals surface area (Å²) in [6.07, 6.45) is 0.130. The Balaban J connectivity index is 1.90. The second kappa shape index (κ2) is 5.06. The summed E-state index contributed by atoms with van der Waals surface area (Å²) in [5.74, 6) is 0. The van der Waals surface area contributed by atoms with Crippen LogP contribution in [0.2, 0.25) is 0 Å². The first-order valence-corrected chi connectivity index (χ1v) is 8.07. The molecule has 120 valence electrons. The molecule has 22 heavy (non-hydrogen) atoms. The summed E-state index contributed by atoms with van der Waals surface area (Å²) in [5, 5.41) is 7.18. The van der Waals surface area contributed by atoms with Crippen LogP contribution in [0.15, 0.2) is 24.3 Å². The van der Waals surface area contributed by atoms with Crippen LogP contribution in [0, 0.1) is 0 Å². The Labute approximate surface area is 134 Å². The first kappa shape index (κ1) is 16.0. The van der Waals surface area contributed by atoms with Crippen LogP contribution in [-0.2, 0) is 9.31 Å². The lowest BCUT2D eigenvalue weighted by atomic mass is 9.75. The van der Waals surface area contributed by atoms with E-state index >= 15 is 0 Å². The smallest absolute Gasteiger partial charge is 0.399 e. The van der Waals surface area contributed by atoms with Crippen LogP contribution >= 0.6 is 0 Å². The van der Waals surface area contributed by atoms with E-state index in [1.54, 1.807) is 0 Å². The van der Waals surface area contributed by atoms with Crippen molar-refractivity contribution in [2.45, 2.75) is 64.4 Å². The molecule has 4 nitrogen and oxygen atoms in total. The number of rotatable bonds is 2. The standard InChI is InChI=1S/C17H27BN2O2/c1-15(2)11-19-14(20-15)12-9-7-8-10-13(12)18-21-16(3,4)17(5,6)22-18/h7-10,14,19-20H,11H2,1-6H3. The quantitative estimate of drug-likeness (QED) is 0.820. The molecule has 1 unspecified atom stereocenters. The van der Waals surface area contributed by atoms with Crippen LogP contribution in [0.25, 0.3) is 0 Å². The van der Waals surface area contributed by atoms with Crippen LogP contribution in [0.5, 0.6) is 0 Å². The van der Waals surface area contributed by atoms with E-state index in [1.165, 1.54) is 5.56 Å². The molecule has 0 aliphatic carbocycles. The van der Waals surface area contributed by atoms with Gasteiger partial charge in [0.05, 0.1) is 17.4 Å². The van der Waals surface area contributed by atoms with Gasteiger partial charge in [0.15, 0.2) is 0 Å². The number of hydrogen-bond acceptors (Lipinski definition) is 4. The lowest BCUT2D eigenvalue weighted by molar-refractivity contribution is 0.00578. The summed E-state index contributed by atoms with van der Waals surface area (Å²) < 4.78 is 12.4. The lowest BCUT2D eigenvalue weighted by Gasteiger charge is -2.32. The van der Waals surface area contributed by atoms with Gasteiger partial charge in [0.2, 0.25) is 0 Å². The fourth-order valence-corrected chi connectivity index (χ4v) is 3.00. The Kier molecular flexibility index (Phi) is 3.68. The number of nitrogens with one attached hydrogen (secondary N) is 2. The van der Waals surface area contributed by atoms with E-state index in [2.05, 4.69) is 70.4 Å². The van der Waals surface area contributed by atoms with E-state index < -0.39 is 0 Å². The van der Waals surface area contributed by atoms with Crippen LogP contribution < -0.4 is 16.1 Å². The van der Waals surface area contributed by atoms with Crippen LogP contribution in [0.3, 0.4) is 0 Å². The lowest BCUT2D eigenvalue weighted by Crippen LogP contribution is -2.41. The van der Waals surface area contributed by atoms with Gasteiger partial charge in [0.1, 0.15) is 0 Å². The van der Waals surface area contributed by atoms with E-state index in [4.69, 9.17) is 9.31 Å². The second-order valence-corrected chi connectivity index (χ2v) is 8.06. The molecule has 2 fully saturated rings. The van der Waals surface area contributed by atoms with E-state index in [-0.39, 0.29) is 30.0 Å². The Morgan fingerprint density at radius 3 is 2.14 bits per heavy atom. The van der Waals surface area contributed by atoms with Crippen LogP contribution in [-0.4, -0.2) is 30.4 Å². The average molecular weight is 302 g/mol. The molecule has 0 amide bonds. The van der Waals surface area contributed by atoms with Crippen molar-refractivity contribution in [1.82, 2.24) is 10.6 Å². The average Bonchev–Trinajstić information content (AvgIpc) is 2.87. The monoisotopic (exact) mass is 302 g/mol. The Bertz CT molecular complexity index is 556. The zero-order chi connectivity index (χ0) is 16.2. The maximum absolute atomic E-state index is 6.22. The molecule has 1 atom stereocenters. The molecular weight excluding hydrogens is 275 g/mol. The predicted molar refractivity (Wildman–Crippen MR) is 90.1 cm³/mol. The Morgan fingerprint density at radius 2 is 1.59 bits per heavy atom. The van der Waals surface area contributed by atoms with Gasteiger partial charge in [0, 0.05) is 12.1 Å². The minimum absolute atomic E-state index is 0.0910.